The maximum Gasteiger partial charge on any atom is 0.335 e. The van der Waals surface area contributed by atoms with Crippen LogP contribution in [-0.2, 0) is 10.2 Å². The van der Waals surface area contributed by atoms with Crippen LogP contribution in [-0.4, -0.2) is 35.1 Å². The molecule has 1 fully saturated rings. The van der Waals surface area contributed by atoms with Crippen LogP contribution in [0, 0.1) is 11.2 Å². The van der Waals surface area contributed by atoms with Crippen molar-refractivity contribution in [3.05, 3.63) is 83.3 Å². The zero-order valence-corrected chi connectivity index (χ0v) is 20.6. The lowest BCUT2D eigenvalue weighted by Gasteiger charge is -2.42. The molecule has 0 bridgehead atoms. The maximum atomic E-state index is 13.8. The number of nitrogen functional groups attached to an aromatic ring is 1. The fraction of sp³-hybridized carbons (Fsp3) is 0.241. The van der Waals surface area contributed by atoms with Gasteiger partial charge in [-0.3, -0.25) is 0 Å². The summed E-state index contributed by atoms with van der Waals surface area (Å²) in [5.41, 5.74) is 11.7. The Morgan fingerprint density at radius 1 is 1.14 bits per heavy atom. The van der Waals surface area contributed by atoms with Crippen molar-refractivity contribution >= 4 is 28.8 Å². The fourth-order valence-corrected chi connectivity index (χ4v) is 4.78. The summed E-state index contributed by atoms with van der Waals surface area (Å²) in [5, 5.41) is 18.1. The standard InChI is InChI=1S/C27H24FN3O3.C2H6/c1-2-27(14-34-15-27)25-24(16-3-5-17(6-4-16)26(32)33)21-12-22(30)18(13-29)11-23(21)31(25)20-9-7-19(28)8-10-20;1-2/h3-13,29H,2,14-15,30H2,1H3,(H,32,33);1-2H3. The minimum atomic E-state index is -0.988. The third-order valence-corrected chi connectivity index (χ3v) is 6.77. The molecule has 1 aliphatic rings. The molecule has 0 spiro atoms. The topological polar surface area (TPSA) is 101 Å². The fourth-order valence-electron chi connectivity index (χ4n) is 4.78. The van der Waals surface area contributed by atoms with Crippen molar-refractivity contribution in [1.82, 2.24) is 4.57 Å². The Morgan fingerprint density at radius 3 is 2.28 bits per heavy atom. The summed E-state index contributed by atoms with van der Waals surface area (Å²) in [6.45, 7) is 7.19. The number of fused-ring (bicyclic) bond motifs is 1. The van der Waals surface area contributed by atoms with E-state index < -0.39 is 5.97 Å². The van der Waals surface area contributed by atoms with Gasteiger partial charge in [0.2, 0.25) is 0 Å². The normalized spacial score (nSPS) is 14.0. The summed E-state index contributed by atoms with van der Waals surface area (Å²) < 4.78 is 21.6. The van der Waals surface area contributed by atoms with Crippen LogP contribution in [0.3, 0.4) is 0 Å². The van der Waals surface area contributed by atoms with Crippen LogP contribution in [0.4, 0.5) is 10.1 Å². The van der Waals surface area contributed by atoms with Crippen molar-refractivity contribution in [2.45, 2.75) is 32.6 Å². The number of carboxylic acid groups (broad SMARTS) is 1. The van der Waals surface area contributed by atoms with Crippen LogP contribution in [0.1, 0.15) is 48.8 Å². The van der Waals surface area contributed by atoms with Crippen LogP contribution in [0.15, 0.2) is 60.7 Å². The molecule has 7 heteroatoms. The van der Waals surface area contributed by atoms with Crippen LogP contribution in [0.2, 0.25) is 0 Å². The molecule has 4 aromatic rings. The van der Waals surface area contributed by atoms with Crippen molar-refractivity contribution < 1.29 is 19.0 Å². The van der Waals surface area contributed by atoms with Crippen LogP contribution in [0.5, 0.6) is 0 Å². The Bertz CT molecular complexity index is 1410. The van der Waals surface area contributed by atoms with Gasteiger partial charge >= 0.3 is 5.97 Å². The van der Waals surface area contributed by atoms with Gasteiger partial charge < -0.3 is 25.6 Å². The van der Waals surface area contributed by atoms with Gasteiger partial charge in [0.15, 0.2) is 0 Å². The van der Waals surface area contributed by atoms with E-state index >= 15 is 0 Å². The molecule has 0 radical (unpaired) electrons. The number of hydrogen-bond donors (Lipinski definition) is 3. The first-order chi connectivity index (χ1) is 17.4. The molecular formula is C29H30FN3O3. The minimum Gasteiger partial charge on any atom is -0.478 e. The summed E-state index contributed by atoms with van der Waals surface area (Å²) in [6, 6.07) is 16.9. The number of halogens is 1. The number of aromatic carboxylic acids is 1. The number of anilines is 1. The highest BCUT2D eigenvalue weighted by Gasteiger charge is 2.44. The van der Waals surface area contributed by atoms with Crippen molar-refractivity contribution in [1.29, 1.82) is 5.41 Å². The molecule has 5 rings (SSSR count). The van der Waals surface area contributed by atoms with E-state index in [0.29, 0.717) is 24.5 Å². The molecule has 6 nitrogen and oxygen atoms in total. The van der Waals surface area contributed by atoms with Crippen molar-refractivity contribution in [2.24, 2.45) is 0 Å². The lowest BCUT2D eigenvalue weighted by atomic mass is 9.76. The van der Waals surface area contributed by atoms with E-state index in [0.717, 1.165) is 39.8 Å². The molecular weight excluding hydrogens is 457 g/mol. The summed E-state index contributed by atoms with van der Waals surface area (Å²) in [5.74, 6) is -1.31. The third kappa shape index (κ3) is 4.05. The number of hydrogen-bond acceptors (Lipinski definition) is 4. The lowest BCUT2D eigenvalue weighted by Crippen LogP contribution is -2.47. The molecule has 1 aromatic heterocycles. The monoisotopic (exact) mass is 487 g/mol. The van der Waals surface area contributed by atoms with Crippen molar-refractivity contribution in [3.8, 4) is 16.8 Å². The molecule has 0 aliphatic carbocycles. The number of benzene rings is 3. The first kappa shape index (κ1) is 25.1. The number of ether oxygens (including phenoxy) is 1. The number of nitrogens with one attached hydrogen (secondary N) is 1. The Kier molecular flexibility index (Phi) is 6.95. The number of rotatable bonds is 6. The maximum absolute atomic E-state index is 13.8. The quantitative estimate of drug-likeness (QED) is 0.216. The SMILES string of the molecule is CC.CCC1(c2c(-c3ccc(C(=O)O)cc3)c3cc(N)c(C=N)cc3n2-c2ccc(F)cc2)COC1. The van der Waals surface area contributed by atoms with Gasteiger partial charge in [0, 0.05) is 39.8 Å². The van der Waals surface area contributed by atoms with E-state index in [1.807, 2.05) is 26.0 Å². The second-order valence-corrected chi connectivity index (χ2v) is 8.69. The zero-order valence-electron chi connectivity index (χ0n) is 20.6. The molecule has 4 N–H and O–H groups in total. The van der Waals surface area contributed by atoms with Crippen LogP contribution >= 0.6 is 0 Å². The lowest BCUT2D eigenvalue weighted by molar-refractivity contribution is -0.0644. The summed E-state index contributed by atoms with van der Waals surface area (Å²) in [6.07, 6.45) is 2.04. The second kappa shape index (κ2) is 9.95. The Hall–Kier alpha value is -3.97. The second-order valence-electron chi connectivity index (χ2n) is 8.69. The summed E-state index contributed by atoms with van der Waals surface area (Å²) >= 11 is 0. The van der Waals surface area contributed by atoms with Crippen molar-refractivity contribution in [3.63, 3.8) is 0 Å². The largest absolute Gasteiger partial charge is 0.478 e. The summed E-state index contributed by atoms with van der Waals surface area (Å²) in [4.78, 5) is 11.4. The first-order valence-corrected chi connectivity index (χ1v) is 12.0. The Labute approximate surface area is 209 Å². The number of carbonyl (C=O) groups is 1. The number of aromatic nitrogens is 1. The summed E-state index contributed by atoms with van der Waals surface area (Å²) in [7, 11) is 0. The van der Waals surface area contributed by atoms with E-state index in [-0.39, 0.29) is 16.8 Å². The molecule has 3 aromatic carbocycles. The molecule has 1 aliphatic heterocycles. The molecule has 0 unspecified atom stereocenters. The van der Waals surface area contributed by atoms with E-state index in [1.165, 1.54) is 18.3 Å². The predicted molar refractivity (Wildman–Crippen MR) is 142 cm³/mol. The van der Waals surface area contributed by atoms with Gasteiger partial charge in [0.05, 0.1) is 29.7 Å². The third-order valence-electron chi connectivity index (χ3n) is 6.77. The molecule has 0 amide bonds. The van der Waals surface area contributed by atoms with E-state index in [9.17, 15) is 14.3 Å². The highest BCUT2D eigenvalue weighted by Crippen LogP contribution is 2.48. The number of nitrogens with zero attached hydrogens (tertiary/aromatic N) is 1. The zero-order chi connectivity index (χ0) is 26.0. The van der Waals surface area contributed by atoms with Gasteiger partial charge in [0.25, 0.3) is 0 Å². The van der Waals surface area contributed by atoms with E-state index in [1.54, 1.807) is 36.4 Å². The predicted octanol–water partition coefficient (Wildman–Crippen LogP) is 6.42. The average Bonchev–Trinajstić information content (AvgIpc) is 3.19. The van der Waals surface area contributed by atoms with Gasteiger partial charge in [-0.05, 0) is 60.5 Å². The van der Waals surface area contributed by atoms with Crippen LogP contribution < -0.4 is 5.73 Å². The van der Waals surface area contributed by atoms with E-state index in [4.69, 9.17) is 15.9 Å². The molecule has 2 heterocycles. The molecule has 1 saturated heterocycles. The molecule has 186 valence electrons. The van der Waals surface area contributed by atoms with Gasteiger partial charge in [-0.2, -0.15) is 0 Å². The highest BCUT2D eigenvalue weighted by atomic mass is 19.1. The van der Waals surface area contributed by atoms with Gasteiger partial charge in [-0.25, -0.2) is 9.18 Å². The smallest absolute Gasteiger partial charge is 0.335 e. The Morgan fingerprint density at radius 2 is 1.78 bits per heavy atom. The van der Waals surface area contributed by atoms with Gasteiger partial charge in [-0.15, -0.1) is 0 Å². The Balaban J connectivity index is 0.00000148. The molecule has 0 saturated carbocycles. The van der Waals surface area contributed by atoms with Crippen LogP contribution in [0.25, 0.3) is 27.7 Å². The van der Waals surface area contributed by atoms with Gasteiger partial charge in [0.1, 0.15) is 5.82 Å². The van der Waals surface area contributed by atoms with E-state index in [2.05, 4.69) is 11.5 Å². The highest BCUT2D eigenvalue weighted by molar-refractivity contribution is 6.05. The molecule has 36 heavy (non-hydrogen) atoms. The number of nitrogens with two attached hydrogens (primary N) is 1. The molecule has 0 atom stereocenters. The van der Waals surface area contributed by atoms with Crippen molar-refractivity contribution in [2.75, 3.05) is 18.9 Å². The minimum absolute atomic E-state index is 0.204. The van der Waals surface area contributed by atoms with Gasteiger partial charge in [-0.1, -0.05) is 32.9 Å². The average molecular weight is 488 g/mol. The first-order valence-electron chi connectivity index (χ1n) is 12.0. The number of carboxylic acids is 1.